The minimum Gasteiger partial charge on any atom is -0.456 e. The lowest BCUT2D eigenvalue weighted by atomic mass is 9.92. The minimum atomic E-state index is 0.842. The van der Waals surface area contributed by atoms with E-state index in [0.29, 0.717) is 0 Å². The molecule has 2 aromatic heterocycles. The highest BCUT2D eigenvalue weighted by atomic mass is 16.3. The van der Waals surface area contributed by atoms with Gasteiger partial charge >= 0.3 is 0 Å². The van der Waals surface area contributed by atoms with Crippen LogP contribution in [-0.4, -0.2) is 0 Å². The second kappa shape index (κ2) is 13.6. The molecule has 0 bridgehead atoms. The number of rotatable bonds is 7. The van der Waals surface area contributed by atoms with E-state index in [1.54, 1.807) is 0 Å². The van der Waals surface area contributed by atoms with Crippen molar-refractivity contribution in [1.82, 2.24) is 0 Å². The second-order valence-corrected chi connectivity index (χ2v) is 14.4. The van der Waals surface area contributed by atoms with Crippen molar-refractivity contribution >= 4 is 60.9 Å². The molecule has 3 nitrogen and oxygen atoms in total. The van der Waals surface area contributed by atoms with Gasteiger partial charge in [0.25, 0.3) is 0 Å². The van der Waals surface area contributed by atoms with Crippen LogP contribution in [0, 0.1) is 0 Å². The van der Waals surface area contributed by atoms with Crippen molar-refractivity contribution in [2.75, 3.05) is 4.90 Å². The van der Waals surface area contributed by atoms with Crippen molar-refractivity contribution < 1.29 is 8.83 Å². The van der Waals surface area contributed by atoms with E-state index < -0.39 is 0 Å². The highest BCUT2D eigenvalue weighted by Crippen LogP contribution is 2.49. The van der Waals surface area contributed by atoms with E-state index in [0.717, 1.165) is 94.3 Å². The van der Waals surface area contributed by atoms with Crippen molar-refractivity contribution in [2.24, 2.45) is 0 Å². The van der Waals surface area contributed by atoms with Crippen molar-refractivity contribution in [3.63, 3.8) is 0 Å². The van der Waals surface area contributed by atoms with Gasteiger partial charge in [0.1, 0.15) is 22.3 Å². The Hall–Kier alpha value is -7.62. The Morgan fingerprint density at radius 2 is 0.860 bits per heavy atom. The van der Waals surface area contributed by atoms with Crippen LogP contribution in [0.4, 0.5) is 17.1 Å². The predicted octanol–water partition coefficient (Wildman–Crippen LogP) is 15.6. The number of nitrogens with zero attached hydrogens (tertiary/aromatic N) is 1. The third kappa shape index (κ3) is 5.60. The van der Waals surface area contributed by atoms with Gasteiger partial charge in [-0.1, -0.05) is 158 Å². The molecule has 0 saturated carbocycles. The Labute approximate surface area is 330 Å². The van der Waals surface area contributed by atoms with Crippen molar-refractivity contribution in [3.05, 3.63) is 212 Å². The van der Waals surface area contributed by atoms with Crippen LogP contribution in [0.5, 0.6) is 0 Å². The second-order valence-electron chi connectivity index (χ2n) is 14.4. The van der Waals surface area contributed by atoms with Crippen LogP contribution in [0.3, 0.4) is 0 Å². The maximum atomic E-state index is 6.95. The zero-order valence-electron chi connectivity index (χ0n) is 31.0. The van der Waals surface area contributed by atoms with E-state index >= 15 is 0 Å². The monoisotopic (exact) mass is 729 g/mol. The lowest BCUT2D eigenvalue weighted by Gasteiger charge is -2.29. The smallest absolute Gasteiger partial charge is 0.145 e. The lowest BCUT2D eigenvalue weighted by Crippen LogP contribution is -2.11. The number of anilines is 3. The summed E-state index contributed by atoms with van der Waals surface area (Å²) in [5.74, 6) is 0. The number of benzene rings is 9. The molecule has 0 fully saturated rings. The SMILES string of the molecule is c1ccc(-c2ccc(N(c3ccccc3-c3ccccc3)c3ccc(-c4ccccc4-c4ccc5c(c4)oc4ccccc45)c4oc5ccccc5c34)cc2)cc1. The zero-order valence-corrected chi connectivity index (χ0v) is 31.0. The van der Waals surface area contributed by atoms with Crippen LogP contribution in [0.25, 0.3) is 88.4 Å². The topological polar surface area (TPSA) is 29.5 Å². The normalized spacial score (nSPS) is 11.5. The first-order chi connectivity index (χ1) is 28.3. The summed E-state index contributed by atoms with van der Waals surface area (Å²) in [4.78, 5) is 2.40. The van der Waals surface area contributed by atoms with Gasteiger partial charge < -0.3 is 13.7 Å². The Kier molecular flexibility index (Phi) is 7.82. The summed E-state index contributed by atoms with van der Waals surface area (Å²) in [6.07, 6.45) is 0. The van der Waals surface area contributed by atoms with Crippen molar-refractivity contribution in [3.8, 4) is 44.5 Å². The lowest BCUT2D eigenvalue weighted by molar-refractivity contribution is 0.669. The molecule has 0 atom stereocenters. The summed E-state index contributed by atoms with van der Waals surface area (Å²) >= 11 is 0. The molecule has 3 heteroatoms. The Morgan fingerprint density at radius 3 is 1.63 bits per heavy atom. The van der Waals surface area contributed by atoms with Crippen LogP contribution in [0.1, 0.15) is 0 Å². The molecule has 0 amide bonds. The number of para-hydroxylation sites is 3. The van der Waals surface area contributed by atoms with Crippen LogP contribution in [0.15, 0.2) is 221 Å². The van der Waals surface area contributed by atoms with Crippen molar-refractivity contribution in [1.29, 1.82) is 0 Å². The van der Waals surface area contributed by atoms with Gasteiger partial charge in [-0.05, 0) is 88.0 Å². The molecule has 0 aliphatic heterocycles. The summed E-state index contributed by atoms with van der Waals surface area (Å²) in [6.45, 7) is 0. The van der Waals surface area contributed by atoms with Gasteiger partial charge in [0.15, 0.2) is 0 Å². The maximum Gasteiger partial charge on any atom is 0.145 e. The predicted molar refractivity (Wildman–Crippen MR) is 237 cm³/mol. The maximum absolute atomic E-state index is 6.95. The van der Waals surface area contributed by atoms with Crippen molar-refractivity contribution in [2.45, 2.75) is 0 Å². The Morgan fingerprint density at radius 1 is 0.298 bits per heavy atom. The van der Waals surface area contributed by atoms with Crippen LogP contribution >= 0.6 is 0 Å². The molecule has 0 spiro atoms. The molecule has 57 heavy (non-hydrogen) atoms. The van der Waals surface area contributed by atoms with E-state index in [9.17, 15) is 0 Å². The van der Waals surface area contributed by atoms with E-state index in [-0.39, 0.29) is 0 Å². The first kappa shape index (κ1) is 32.8. The fourth-order valence-electron chi connectivity index (χ4n) is 8.44. The van der Waals surface area contributed by atoms with E-state index in [2.05, 4.69) is 199 Å². The molecule has 0 saturated heterocycles. The van der Waals surface area contributed by atoms with Gasteiger partial charge in [0.05, 0.1) is 16.8 Å². The highest BCUT2D eigenvalue weighted by molar-refractivity contribution is 6.18. The Bertz CT molecular complexity index is 3230. The number of hydrogen-bond donors (Lipinski definition) is 0. The summed E-state index contributed by atoms with van der Waals surface area (Å²) in [5, 5.41) is 4.36. The largest absolute Gasteiger partial charge is 0.456 e. The van der Waals surface area contributed by atoms with Gasteiger partial charge in [-0.2, -0.15) is 0 Å². The number of fused-ring (bicyclic) bond motifs is 6. The van der Waals surface area contributed by atoms with Gasteiger partial charge in [0, 0.05) is 33.0 Å². The standard InChI is InChI=1S/C54H35NO2/c1-3-15-36(16-4-1)37-27-30-40(31-28-37)55(48-24-12-9-20-42(48)38-17-5-2-6-18-38)49-34-33-46(54-53(49)47-23-11-14-26-51(47)57-54)43-21-8-7-19-41(43)39-29-32-45-44-22-10-13-25-50(44)56-52(45)35-39/h1-35H. The van der Waals surface area contributed by atoms with E-state index in [1.807, 2.05) is 18.2 Å². The molecule has 0 aliphatic rings. The van der Waals surface area contributed by atoms with Crippen LogP contribution in [-0.2, 0) is 0 Å². The molecular formula is C54H35NO2. The fraction of sp³-hybridized carbons (Fsp3) is 0. The average molecular weight is 730 g/mol. The average Bonchev–Trinajstić information content (AvgIpc) is 3.86. The van der Waals surface area contributed by atoms with Gasteiger partial charge in [-0.15, -0.1) is 0 Å². The quantitative estimate of drug-likeness (QED) is 0.164. The van der Waals surface area contributed by atoms with Crippen LogP contribution < -0.4 is 4.90 Å². The third-order valence-corrected chi connectivity index (χ3v) is 11.1. The molecule has 0 unspecified atom stereocenters. The highest BCUT2D eigenvalue weighted by Gasteiger charge is 2.25. The number of furan rings is 2. The molecule has 0 N–H and O–H groups in total. The fourth-order valence-corrected chi connectivity index (χ4v) is 8.44. The van der Waals surface area contributed by atoms with Crippen LogP contribution in [0.2, 0.25) is 0 Å². The molecule has 0 radical (unpaired) electrons. The van der Waals surface area contributed by atoms with E-state index in [1.165, 1.54) is 11.1 Å². The molecule has 11 rings (SSSR count). The molecule has 268 valence electrons. The first-order valence-corrected chi connectivity index (χ1v) is 19.3. The van der Waals surface area contributed by atoms with Gasteiger partial charge in [0.2, 0.25) is 0 Å². The number of hydrogen-bond acceptors (Lipinski definition) is 3. The third-order valence-electron chi connectivity index (χ3n) is 11.1. The summed E-state index contributed by atoms with van der Waals surface area (Å²) in [6, 6.07) is 75.0. The minimum absolute atomic E-state index is 0.842. The summed E-state index contributed by atoms with van der Waals surface area (Å²) in [5.41, 5.74) is 15.6. The van der Waals surface area contributed by atoms with E-state index in [4.69, 9.17) is 8.83 Å². The summed E-state index contributed by atoms with van der Waals surface area (Å²) in [7, 11) is 0. The molecule has 0 aliphatic carbocycles. The Balaban J connectivity index is 1.14. The molecule has 11 aromatic rings. The zero-order chi connectivity index (χ0) is 37.7. The first-order valence-electron chi connectivity index (χ1n) is 19.3. The summed E-state index contributed by atoms with van der Waals surface area (Å²) < 4.78 is 13.3. The molecular weight excluding hydrogens is 695 g/mol. The van der Waals surface area contributed by atoms with Gasteiger partial charge in [-0.25, -0.2) is 0 Å². The molecule has 9 aromatic carbocycles. The van der Waals surface area contributed by atoms with Gasteiger partial charge in [-0.3, -0.25) is 0 Å². The molecule has 2 heterocycles.